The zero-order valence-electron chi connectivity index (χ0n) is 32.4. The number of aliphatic hydroxyl groups excluding tert-OH is 3. The minimum atomic E-state index is -0.820. The van der Waals surface area contributed by atoms with Crippen LogP contribution in [0.2, 0.25) is 0 Å². The van der Waals surface area contributed by atoms with E-state index in [9.17, 15) is 15.3 Å². The van der Waals surface area contributed by atoms with Crippen LogP contribution >= 0.6 is 0 Å². The normalized spacial score (nSPS) is 13.5. The molecule has 0 radical (unpaired) electrons. The van der Waals surface area contributed by atoms with E-state index < -0.39 is 18.3 Å². The third kappa shape index (κ3) is 12.1. The Kier molecular flexibility index (Phi) is 14.8. The molecule has 1 aromatic heterocycles. The maximum absolute atomic E-state index is 10.6. The highest BCUT2D eigenvalue weighted by atomic mass is 16.5. The second kappa shape index (κ2) is 19.7. The molecular weight excluding hydrogens is 700 g/mol. The van der Waals surface area contributed by atoms with Crippen molar-refractivity contribution < 1.29 is 48.2 Å². The fraction of sp³-hybridized carbons (Fsp3) is 0.378. The van der Waals surface area contributed by atoms with Gasteiger partial charge < -0.3 is 48.2 Å². The van der Waals surface area contributed by atoms with Crippen LogP contribution in [-0.4, -0.2) is 80.4 Å². The Bertz CT molecular complexity index is 1820. The summed E-state index contributed by atoms with van der Waals surface area (Å²) in [6.45, 7) is 9.75. The van der Waals surface area contributed by atoms with Crippen molar-refractivity contribution in [2.45, 2.75) is 63.4 Å². The molecule has 0 bridgehead atoms. The first-order chi connectivity index (χ1) is 26.4. The Balaban J connectivity index is 1.03. The predicted octanol–water partition coefficient (Wildman–Crippen LogP) is 7.09. The Morgan fingerprint density at radius 1 is 0.473 bits per heavy atom. The van der Waals surface area contributed by atoms with E-state index in [1.807, 2.05) is 103 Å². The summed E-state index contributed by atoms with van der Waals surface area (Å²) < 4.78 is 38.9. The number of ether oxygens (including phenoxy) is 6. The van der Waals surface area contributed by atoms with Crippen LogP contribution in [0.5, 0.6) is 23.0 Å². The van der Waals surface area contributed by atoms with Crippen molar-refractivity contribution in [3.8, 4) is 23.0 Å². The quantitative estimate of drug-likeness (QED) is 0.0674. The van der Waals surface area contributed by atoms with Gasteiger partial charge in [-0.25, -0.2) is 0 Å². The lowest BCUT2D eigenvalue weighted by molar-refractivity contribution is 0.000875. The number of hydrogen-bond donors (Lipinski definition) is 3. The average molecular weight is 755 g/mol. The standard InChI is InChI=1S/C45H54O10/c1-44(2,32-8-16-39(17-9-32)52-27-36(46)25-49-5)34-12-20-41(21-13-34)54-29-38(48)30-55-42-22-14-35(15-23-42)45(3,4)33-10-18-40(19-11-33)53-28-37(47)26-50-31-43-7-6-24-51-43/h6-24,36-38,46-48H,25-31H2,1-5H3. The van der Waals surface area contributed by atoms with Crippen LogP contribution in [-0.2, 0) is 26.9 Å². The van der Waals surface area contributed by atoms with E-state index >= 15 is 0 Å². The highest BCUT2D eigenvalue weighted by Gasteiger charge is 2.25. The van der Waals surface area contributed by atoms with Gasteiger partial charge in [-0.05, 0) is 82.9 Å². The van der Waals surface area contributed by atoms with E-state index in [1.54, 1.807) is 19.4 Å². The predicted molar refractivity (Wildman–Crippen MR) is 210 cm³/mol. The molecular formula is C45H54O10. The Hall–Kier alpha value is -4.84. The van der Waals surface area contributed by atoms with Crippen molar-refractivity contribution in [2.24, 2.45) is 0 Å². The van der Waals surface area contributed by atoms with E-state index in [2.05, 4.69) is 27.7 Å². The number of hydrogen-bond acceptors (Lipinski definition) is 10. The third-order valence-electron chi connectivity index (χ3n) is 9.57. The van der Waals surface area contributed by atoms with Crippen LogP contribution < -0.4 is 18.9 Å². The van der Waals surface area contributed by atoms with Crippen LogP contribution in [0.15, 0.2) is 120 Å². The maximum Gasteiger partial charge on any atom is 0.129 e. The fourth-order valence-electron chi connectivity index (χ4n) is 6.00. The molecule has 4 aromatic carbocycles. The first-order valence-corrected chi connectivity index (χ1v) is 18.5. The molecule has 0 aliphatic carbocycles. The van der Waals surface area contributed by atoms with Crippen LogP contribution in [0.25, 0.3) is 0 Å². The third-order valence-corrected chi connectivity index (χ3v) is 9.57. The van der Waals surface area contributed by atoms with Gasteiger partial charge in [0.15, 0.2) is 0 Å². The molecule has 10 heteroatoms. The lowest BCUT2D eigenvalue weighted by Crippen LogP contribution is -2.25. The molecule has 0 aliphatic rings. The molecule has 1 heterocycles. The number of methoxy groups -OCH3 is 1. The van der Waals surface area contributed by atoms with Gasteiger partial charge in [0.1, 0.15) is 80.1 Å². The molecule has 3 N–H and O–H groups in total. The van der Waals surface area contributed by atoms with Gasteiger partial charge in [0.2, 0.25) is 0 Å². The summed E-state index contributed by atoms with van der Waals surface area (Å²) in [7, 11) is 1.54. The van der Waals surface area contributed by atoms with Gasteiger partial charge >= 0.3 is 0 Å². The van der Waals surface area contributed by atoms with Gasteiger partial charge in [-0.2, -0.15) is 0 Å². The second-order valence-electron chi connectivity index (χ2n) is 14.6. The van der Waals surface area contributed by atoms with Gasteiger partial charge in [0.25, 0.3) is 0 Å². The lowest BCUT2D eigenvalue weighted by atomic mass is 9.78. The van der Waals surface area contributed by atoms with Gasteiger partial charge in [-0.1, -0.05) is 76.2 Å². The van der Waals surface area contributed by atoms with Crippen molar-refractivity contribution in [1.82, 2.24) is 0 Å². The summed E-state index contributed by atoms with van der Waals surface area (Å²) in [5, 5.41) is 30.6. The average Bonchev–Trinajstić information content (AvgIpc) is 3.72. The first-order valence-electron chi connectivity index (χ1n) is 18.5. The van der Waals surface area contributed by atoms with Crippen molar-refractivity contribution in [2.75, 3.05) is 46.8 Å². The molecule has 0 aliphatic heterocycles. The Morgan fingerprint density at radius 3 is 1.11 bits per heavy atom. The van der Waals surface area contributed by atoms with E-state index in [4.69, 9.17) is 32.8 Å². The fourth-order valence-corrected chi connectivity index (χ4v) is 6.00. The highest BCUT2D eigenvalue weighted by Crippen LogP contribution is 2.35. The number of furan rings is 1. The summed E-state index contributed by atoms with van der Waals surface area (Å²) in [5.41, 5.74) is 3.89. The van der Waals surface area contributed by atoms with E-state index in [0.29, 0.717) is 35.4 Å². The topological polar surface area (TPSA) is 129 Å². The molecule has 3 unspecified atom stereocenters. The van der Waals surface area contributed by atoms with Gasteiger partial charge in [-0.15, -0.1) is 0 Å². The van der Waals surface area contributed by atoms with Crippen LogP contribution in [0.4, 0.5) is 0 Å². The molecule has 5 rings (SSSR count). The minimum absolute atomic E-state index is 0.0885. The van der Waals surface area contributed by atoms with Gasteiger partial charge in [-0.3, -0.25) is 0 Å². The molecule has 0 spiro atoms. The summed E-state index contributed by atoms with van der Waals surface area (Å²) in [6, 6.07) is 35.1. The zero-order chi connectivity index (χ0) is 39.3. The largest absolute Gasteiger partial charge is 0.491 e. The monoisotopic (exact) mass is 754 g/mol. The number of benzene rings is 4. The molecule has 3 atom stereocenters. The van der Waals surface area contributed by atoms with Crippen molar-refractivity contribution >= 4 is 0 Å². The minimum Gasteiger partial charge on any atom is -0.491 e. The molecule has 294 valence electrons. The van der Waals surface area contributed by atoms with E-state index in [-0.39, 0.29) is 50.5 Å². The number of aliphatic hydroxyl groups is 3. The van der Waals surface area contributed by atoms with Gasteiger partial charge in [0.05, 0.1) is 19.5 Å². The van der Waals surface area contributed by atoms with Crippen LogP contribution in [0, 0.1) is 0 Å². The summed E-state index contributed by atoms with van der Waals surface area (Å²) in [4.78, 5) is 0. The number of rotatable bonds is 22. The summed E-state index contributed by atoms with van der Waals surface area (Å²) >= 11 is 0. The molecule has 0 amide bonds. The van der Waals surface area contributed by atoms with E-state index in [1.165, 1.54) is 0 Å². The van der Waals surface area contributed by atoms with Crippen LogP contribution in [0.3, 0.4) is 0 Å². The Morgan fingerprint density at radius 2 is 0.800 bits per heavy atom. The van der Waals surface area contributed by atoms with Crippen molar-refractivity contribution in [3.63, 3.8) is 0 Å². The first kappa shape index (κ1) is 41.3. The van der Waals surface area contributed by atoms with Crippen molar-refractivity contribution in [1.29, 1.82) is 0 Å². The SMILES string of the molecule is COCC(O)COc1ccc(C(C)(C)c2ccc(OCC(O)COc3ccc(C(C)(C)c4ccc(OCC(O)COCc5ccco5)cc4)cc3)cc2)cc1. The zero-order valence-corrected chi connectivity index (χ0v) is 32.4. The molecule has 5 aromatic rings. The maximum atomic E-state index is 10.6. The molecule has 55 heavy (non-hydrogen) atoms. The van der Waals surface area contributed by atoms with Crippen LogP contribution in [0.1, 0.15) is 55.7 Å². The summed E-state index contributed by atoms with van der Waals surface area (Å²) in [5.74, 6) is 3.37. The Labute approximate surface area is 324 Å². The molecule has 10 nitrogen and oxygen atoms in total. The molecule has 0 saturated carbocycles. The highest BCUT2D eigenvalue weighted by molar-refractivity contribution is 5.43. The van der Waals surface area contributed by atoms with E-state index in [0.717, 1.165) is 22.3 Å². The lowest BCUT2D eigenvalue weighted by Gasteiger charge is -2.27. The van der Waals surface area contributed by atoms with Crippen molar-refractivity contribution in [3.05, 3.63) is 143 Å². The second-order valence-corrected chi connectivity index (χ2v) is 14.6. The van der Waals surface area contributed by atoms with Gasteiger partial charge in [0, 0.05) is 17.9 Å². The smallest absolute Gasteiger partial charge is 0.129 e. The molecule has 0 fully saturated rings. The summed E-state index contributed by atoms with van der Waals surface area (Å²) in [6.07, 6.45) is -0.669. The molecule has 0 saturated heterocycles.